The molecule has 0 N–H and O–H groups in total. The monoisotopic (exact) mass is 450 g/mol. The van der Waals surface area contributed by atoms with Crippen molar-refractivity contribution < 1.29 is 23.1 Å². The molecule has 0 aliphatic heterocycles. The predicted molar refractivity (Wildman–Crippen MR) is 119 cm³/mol. The maximum Gasteiger partial charge on any atom is 0.375 e. The molecule has 0 atom stereocenters. The van der Waals surface area contributed by atoms with E-state index in [9.17, 15) is 14.0 Å². The van der Waals surface area contributed by atoms with E-state index in [0.717, 1.165) is 11.1 Å². The standard InChI is InChI=1S/C24H19FN2O4S/c1-16-11-12-30-22(16)23(29)31-14-21(28)27(13-17-5-3-2-4-6-17)24-26-20(15-32-24)18-7-9-19(25)10-8-18/h2-12,15H,13-14H2,1H3. The third kappa shape index (κ3) is 4.92. The molecular weight excluding hydrogens is 431 g/mol. The maximum atomic E-state index is 13.2. The van der Waals surface area contributed by atoms with Crippen molar-refractivity contribution in [1.82, 2.24) is 4.98 Å². The van der Waals surface area contributed by atoms with E-state index in [1.807, 2.05) is 30.3 Å². The molecule has 0 bridgehead atoms. The van der Waals surface area contributed by atoms with Gasteiger partial charge in [-0.15, -0.1) is 11.3 Å². The number of esters is 1. The maximum absolute atomic E-state index is 13.2. The number of rotatable bonds is 7. The third-order valence-electron chi connectivity index (χ3n) is 4.72. The second-order valence-corrected chi connectivity index (χ2v) is 7.83. The van der Waals surface area contributed by atoms with Crippen molar-refractivity contribution in [2.24, 2.45) is 0 Å². The Morgan fingerprint density at radius 1 is 1.09 bits per heavy atom. The van der Waals surface area contributed by atoms with E-state index in [2.05, 4.69) is 4.98 Å². The topological polar surface area (TPSA) is 72.6 Å². The lowest BCUT2D eigenvalue weighted by molar-refractivity contribution is -0.121. The summed E-state index contributed by atoms with van der Waals surface area (Å²) in [6, 6.07) is 17.1. The number of thiazole rings is 1. The Balaban J connectivity index is 1.55. The third-order valence-corrected chi connectivity index (χ3v) is 5.59. The van der Waals surface area contributed by atoms with Crippen LogP contribution < -0.4 is 4.90 Å². The summed E-state index contributed by atoms with van der Waals surface area (Å²) in [5.41, 5.74) is 2.89. The molecule has 0 fully saturated rings. The quantitative estimate of drug-likeness (QED) is 0.360. The number of carbonyl (C=O) groups is 2. The van der Waals surface area contributed by atoms with Gasteiger partial charge in [-0.3, -0.25) is 9.69 Å². The largest absolute Gasteiger partial charge is 0.457 e. The van der Waals surface area contributed by atoms with Crippen molar-refractivity contribution >= 4 is 28.3 Å². The second-order valence-electron chi connectivity index (χ2n) is 7.00. The number of amides is 1. The molecule has 2 aromatic carbocycles. The lowest BCUT2D eigenvalue weighted by Gasteiger charge is -2.20. The van der Waals surface area contributed by atoms with Gasteiger partial charge < -0.3 is 9.15 Å². The minimum absolute atomic E-state index is 0.0697. The fourth-order valence-electron chi connectivity index (χ4n) is 3.02. The highest BCUT2D eigenvalue weighted by atomic mass is 32.1. The highest BCUT2D eigenvalue weighted by Crippen LogP contribution is 2.29. The predicted octanol–water partition coefficient (Wildman–Crippen LogP) is 5.24. The molecule has 2 heterocycles. The van der Waals surface area contributed by atoms with Crippen molar-refractivity contribution in [3.8, 4) is 11.3 Å². The molecule has 0 aliphatic rings. The Hall–Kier alpha value is -3.78. The molecule has 0 unspecified atom stereocenters. The van der Waals surface area contributed by atoms with Gasteiger partial charge in [0.1, 0.15) is 5.82 Å². The van der Waals surface area contributed by atoms with E-state index in [1.54, 1.807) is 30.5 Å². The van der Waals surface area contributed by atoms with Gasteiger partial charge in [0.15, 0.2) is 11.7 Å². The lowest BCUT2D eigenvalue weighted by atomic mass is 10.2. The van der Waals surface area contributed by atoms with Gasteiger partial charge in [0.25, 0.3) is 5.91 Å². The van der Waals surface area contributed by atoms with Crippen molar-refractivity contribution in [3.05, 3.63) is 95.0 Å². The zero-order chi connectivity index (χ0) is 22.5. The molecule has 6 nitrogen and oxygen atoms in total. The number of halogens is 1. The number of hydrogen-bond donors (Lipinski definition) is 0. The van der Waals surface area contributed by atoms with Crippen LogP contribution in [0.5, 0.6) is 0 Å². The van der Waals surface area contributed by atoms with E-state index >= 15 is 0 Å². The molecule has 4 aromatic rings. The first kappa shape index (κ1) is 21.5. The van der Waals surface area contributed by atoms with Gasteiger partial charge in [0, 0.05) is 16.5 Å². The van der Waals surface area contributed by atoms with Crippen LogP contribution in [0.15, 0.2) is 76.7 Å². The number of carbonyl (C=O) groups excluding carboxylic acids is 2. The lowest BCUT2D eigenvalue weighted by Crippen LogP contribution is -2.34. The number of furan rings is 1. The molecule has 0 aliphatic carbocycles. The van der Waals surface area contributed by atoms with Crippen LogP contribution in [0, 0.1) is 12.7 Å². The zero-order valence-corrected chi connectivity index (χ0v) is 18.0. The molecule has 162 valence electrons. The summed E-state index contributed by atoms with van der Waals surface area (Å²) in [5, 5.41) is 2.25. The zero-order valence-electron chi connectivity index (χ0n) is 17.2. The van der Waals surface area contributed by atoms with Crippen molar-refractivity contribution in [3.63, 3.8) is 0 Å². The first-order valence-corrected chi connectivity index (χ1v) is 10.7. The molecule has 4 rings (SSSR count). The first-order chi connectivity index (χ1) is 15.5. The smallest absolute Gasteiger partial charge is 0.375 e. The van der Waals surface area contributed by atoms with Crippen molar-refractivity contribution in [2.75, 3.05) is 11.5 Å². The fourth-order valence-corrected chi connectivity index (χ4v) is 3.87. The van der Waals surface area contributed by atoms with Crippen LogP contribution in [0.4, 0.5) is 9.52 Å². The normalized spacial score (nSPS) is 10.7. The summed E-state index contributed by atoms with van der Waals surface area (Å²) in [6.07, 6.45) is 1.39. The summed E-state index contributed by atoms with van der Waals surface area (Å²) in [6.45, 7) is 1.51. The van der Waals surface area contributed by atoms with Crippen LogP contribution in [0.1, 0.15) is 21.7 Å². The molecular formula is C24H19FN2O4S. The van der Waals surface area contributed by atoms with Gasteiger partial charge in [0.2, 0.25) is 5.76 Å². The van der Waals surface area contributed by atoms with Gasteiger partial charge in [-0.25, -0.2) is 14.2 Å². The molecule has 0 saturated heterocycles. The average molecular weight is 450 g/mol. The fraction of sp³-hybridized carbons (Fsp3) is 0.125. The SMILES string of the molecule is Cc1ccoc1C(=O)OCC(=O)N(Cc1ccccc1)c1nc(-c2ccc(F)cc2)cs1. The number of aryl methyl sites for hydroxylation is 1. The molecule has 8 heteroatoms. The number of benzene rings is 2. The summed E-state index contributed by atoms with van der Waals surface area (Å²) in [4.78, 5) is 31.3. The van der Waals surface area contributed by atoms with E-state index in [0.29, 0.717) is 16.4 Å². The minimum Gasteiger partial charge on any atom is -0.457 e. The summed E-state index contributed by atoms with van der Waals surface area (Å²) in [5.74, 6) is -1.39. The highest BCUT2D eigenvalue weighted by Gasteiger charge is 2.23. The number of nitrogens with zero attached hydrogens (tertiary/aromatic N) is 2. The molecule has 1 amide bonds. The van der Waals surface area contributed by atoms with Crippen LogP contribution >= 0.6 is 11.3 Å². The Morgan fingerprint density at radius 2 is 1.84 bits per heavy atom. The number of aromatic nitrogens is 1. The first-order valence-electron chi connectivity index (χ1n) is 9.78. The Bertz CT molecular complexity index is 1220. The van der Waals surface area contributed by atoms with Gasteiger partial charge in [0.05, 0.1) is 18.5 Å². The van der Waals surface area contributed by atoms with E-state index in [-0.39, 0.29) is 18.1 Å². The average Bonchev–Trinajstić information content (AvgIpc) is 3.46. The van der Waals surface area contributed by atoms with Gasteiger partial charge >= 0.3 is 5.97 Å². The number of anilines is 1. The summed E-state index contributed by atoms with van der Waals surface area (Å²) in [7, 11) is 0. The van der Waals surface area contributed by atoms with E-state index in [1.165, 1.54) is 34.6 Å². The van der Waals surface area contributed by atoms with E-state index in [4.69, 9.17) is 9.15 Å². The summed E-state index contributed by atoms with van der Waals surface area (Å²) >= 11 is 1.28. The molecule has 0 spiro atoms. The van der Waals surface area contributed by atoms with Gasteiger partial charge in [-0.2, -0.15) is 0 Å². The van der Waals surface area contributed by atoms with Crippen LogP contribution in [-0.4, -0.2) is 23.5 Å². The highest BCUT2D eigenvalue weighted by molar-refractivity contribution is 7.14. The van der Waals surface area contributed by atoms with Gasteiger partial charge in [-0.1, -0.05) is 30.3 Å². The Kier molecular flexibility index (Phi) is 6.42. The summed E-state index contributed by atoms with van der Waals surface area (Å²) < 4.78 is 23.6. The second kappa shape index (κ2) is 9.57. The molecule has 32 heavy (non-hydrogen) atoms. The minimum atomic E-state index is -0.702. The molecule has 0 saturated carbocycles. The van der Waals surface area contributed by atoms with Crippen molar-refractivity contribution in [2.45, 2.75) is 13.5 Å². The van der Waals surface area contributed by atoms with Crippen LogP contribution in [0.3, 0.4) is 0 Å². The number of ether oxygens (including phenoxy) is 1. The number of hydrogen-bond acceptors (Lipinski definition) is 6. The molecule has 2 aromatic heterocycles. The van der Waals surface area contributed by atoms with Crippen molar-refractivity contribution in [1.29, 1.82) is 0 Å². The van der Waals surface area contributed by atoms with Gasteiger partial charge in [-0.05, 0) is 42.8 Å². The Labute approximate surface area is 187 Å². The molecule has 0 radical (unpaired) electrons. The van der Waals surface area contributed by atoms with Crippen LogP contribution in [0.25, 0.3) is 11.3 Å². The van der Waals surface area contributed by atoms with Crippen LogP contribution in [0.2, 0.25) is 0 Å². The van der Waals surface area contributed by atoms with Crippen LogP contribution in [-0.2, 0) is 16.1 Å². The van der Waals surface area contributed by atoms with E-state index < -0.39 is 18.5 Å². The Morgan fingerprint density at radius 3 is 2.53 bits per heavy atom.